The van der Waals surface area contributed by atoms with E-state index >= 15 is 0 Å². The topological polar surface area (TPSA) is 108 Å². The molecule has 1 saturated carbocycles. The van der Waals surface area contributed by atoms with Crippen LogP contribution in [0.1, 0.15) is 19.3 Å². The van der Waals surface area contributed by atoms with E-state index in [-0.39, 0.29) is 0 Å². The summed E-state index contributed by atoms with van der Waals surface area (Å²) in [6.45, 7) is -1.36. The standard InChI is InChI=1S/C17H16F3N7O/c18-17(19,20)8-24-15(28)16(3-1-4-16)27-12-2-5-22-14(26-12)11-7-23-13-10(11)6-21-9-25-13/h2,5-7,9H,1,3-4,8H2,(H,24,28)(H,21,23,25)(H,22,26,27). The van der Waals surface area contributed by atoms with Crippen molar-refractivity contribution in [2.45, 2.75) is 31.0 Å². The number of nitrogens with zero attached hydrogens (tertiary/aromatic N) is 4. The molecular formula is C17H16F3N7O. The maximum atomic E-state index is 12.4. The van der Waals surface area contributed by atoms with Crippen LogP contribution in [0.15, 0.2) is 31.0 Å². The summed E-state index contributed by atoms with van der Waals surface area (Å²) in [6.07, 6.45) is 3.41. The number of aromatic amines is 1. The molecule has 0 aliphatic heterocycles. The zero-order valence-electron chi connectivity index (χ0n) is 14.5. The lowest BCUT2D eigenvalue weighted by molar-refractivity contribution is -0.142. The van der Waals surface area contributed by atoms with Crippen molar-refractivity contribution in [2.24, 2.45) is 0 Å². The summed E-state index contributed by atoms with van der Waals surface area (Å²) in [5.41, 5.74) is 0.220. The van der Waals surface area contributed by atoms with Gasteiger partial charge in [0.25, 0.3) is 0 Å². The van der Waals surface area contributed by atoms with Gasteiger partial charge in [0.15, 0.2) is 5.82 Å². The fourth-order valence-corrected chi connectivity index (χ4v) is 3.14. The molecule has 1 aliphatic rings. The van der Waals surface area contributed by atoms with E-state index in [1.165, 1.54) is 12.5 Å². The number of alkyl halides is 3. The second kappa shape index (κ2) is 6.73. The van der Waals surface area contributed by atoms with E-state index in [0.717, 1.165) is 11.8 Å². The summed E-state index contributed by atoms with van der Waals surface area (Å²) in [6, 6.07) is 1.58. The van der Waals surface area contributed by atoms with E-state index in [1.807, 2.05) is 5.32 Å². The molecule has 1 fully saturated rings. The van der Waals surface area contributed by atoms with E-state index in [2.05, 4.69) is 30.2 Å². The van der Waals surface area contributed by atoms with Gasteiger partial charge >= 0.3 is 6.18 Å². The number of halogens is 3. The molecule has 3 heterocycles. The molecule has 3 aromatic heterocycles. The van der Waals surface area contributed by atoms with Crippen LogP contribution in [0, 0.1) is 0 Å². The van der Waals surface area contributed by atoms with Crippen molar-refractivity contribution >= 4 is 22.8 Å². The van der Waals surface area contributed by atoms with E-state index in [0.29, 0.717) is 35.7 Å². The van der Waals surface area contributed by atoms with Crippen LogP contribution in [0.25, 0.3) is 22.4 Å². The molecular weight excluding hydrogens is 375 g/mol. The minimum atomic E-state index is -4.46. The van der Waals surface area contributed by atoms with E-state index < -0.39 is 24.2 Å². The lowest BCUT2D eigenvalue weighted by Gasteiger charge is -2.41. The van der Waals surface area contributed by atoms with Crippen LogP contribution in [0.4, 0.5) is 19.0 Å². The van der Waals surface area contributed by atoms with E-state index in [9.17, 15) is 18.0 Å². The number of fused-ring (bicyclic) bond motifs is 1. The summed E-state index contributed by atoms with van der Waals surface area (Å²) >= 11 is 0. The highest BCUT2D eigenvalue weighted by Gasteiger charge is 2.45. The Balaban J connectivity index is 1.57. The van der Waals surface area contributed by atoms with Gasteiger partial charge in [-0.25, -0.2) is 19.9 Å². The third-order valence-electron chi connectivity index (χ3n) is 4.71. The van der Waals surface area contributed by atoms with Crippen LogP contribution in [0.3, 0.4) is 0 Å². The number of hydrogen-bond donors (Lipinski definition) is 3. The first-order valence-electron chi connectivity index (χ1n) is 8.60. The van der Waals surface area contributed by atoms with Gasteiger partial charge < -0.3 is 15.6 Å². The number of hydrogen-bond acceptors (Lipinski definition) is 6. The minimum Gasteiger partial charge on any atom is -0.356 e. The SMILES string of the molecule is O=C(NCC(F)(F)F)C1(Nc2ccnc(-c3c[nH]c4ncncc34)n2)CCC1. The third kappa shape index (κ3) is 3.47. The molecule has 1 aliphatic carbocycles. The Labute approximate surface area is 157 Å². The van der Waals surface area contributed by atoms with Crippen LogP contribution in [0.2, 0.25) is 0 Å². The van der Waals surface area contributed by atoms with Gasteiger partial charge in [0.2, 0.25) is 5.91 Å². The normalized spacial score (nSPS) is 15.8. The van der Waals surface area contributed by atoms with Gasteiger partial charge in [-0.05, 0) is 25.3 Å². The lowest BCUT2D eigenvalue weighted by Crippen LogP contribution is -2.58. The van der Waals surface area contributed by atoms with Gasteiger partial charge in [-0.1, -0.05) is 0 Å². The molecule has 0 atom stereocenters. The number of nitrogens with one attached hydrogen (secondary N) is 3. The minimum absolute atomic E-state index is 0.359. The first-order valence-corrected chi connectivity index (χ1v) is 8.60. The van der Waals surface area contributed by atoms with E-state index in [4.69, 9.17) is 0 Å². The predicted octanol–water partition coefficient (Wildman–Crippen LogP) is 2.43. The van der Waals surface area contributed by atoms with Gasteiger partial charge in [0, 0.05) is 29.5 Å². The number of H-pyrrole nitrogens is 1. The molecule has 4 rings (SSSR count). The Bertz CT molecular complexity index is 1010. The average Bonchev–Trinajstić information content (AvgIpc) is 3.06. The maximum absolute atomic E-state index is 12.4. The van der Waals surface area contributed by atoms with Crippen LogP contribution in [-0.4, -0.2) is 49.1 Å². The molecule has 146 valence electrons. The highest BCUT2D eigenvalue weighted by atomic mass is 19.4. The van der Waals surface area contributed by atoms with Gasteiger partial charge in [-0.15, -0.1) is 0 Å². The Hall–Kier alpha value is -3.24. The molecule has 28 heavy (non-hydrogen) atoms. The van der Waals surface area contributed by atoms with Crippen molar-refractivity contribution in [2.75, 3.05) is 11.9 Å². The smallest absolute Gasteiger partial charge is 0.356 e. The quantitative estimate of drug-likeness (QED) is 0.617. The number of carbonyl (C=O) groups excluding carboxylic acids is 1. The molecule has 0 bridgehead atoms. The van der Waals surface area contributed by atoms with Crippen molar-refractivity contribution in [3.63, 3.8) is 0 Å². The predicted molar refractivity (Wildman–Crippen MR) is 94.2 cm³/mol. The van der Waals surface area contributed by atoms with Crippen LogP contribution >= 0.6 is 0 Å². The largest absolute Gasteiger partial charge is 0.405 e. The third-order valence-corrected chi connectivity index (χ3v) is 4.71. The fraction of sp³-hybridized carbons (Fsp3) is 0.353. The van der Waals surface area contributed by atoms with Gasteiger partial charge in [0.1, 0.15) is 29.9 Å². The monoisotopic (exact) mass is 391 g/mol. The van der Waals surface area contributed by atoms with E-state index in [1.54, 1.807) is 18.5 Å². The number of amides is 1. The number of anilines is 1. The second-order valence-corrected chi connectivity index (χ2v) is 6.61. The highest BCUT2D eigenvalue weighted by molar-refractivity contribution is 5.92. The van der Waals surface area contributed by atoms with Crippen molar-refractivity contribution in [1.82, 2.24) is 30.2 Å². The summed E-state index contributed by atoms with van der Waals surface area (Å²) in [5, 5.41) is 5.70. The molecule has 8 nitrogen and oxygen atoms in total. The maximum Gasteiger partial charge on any atom is 0.405 e. The van der Waals surface area contributed by atoms with Crippen molar-refractivity contribution in [3.8, 4) is 11.4 Å². The van der Waals surface area contributed by atoms with Crippen molar-refractivity contribution < 1.29 is 18.0 Å². The number of carbonyl (C=O) groups is 1. The summed E-state index contributed by atoms with van der Waals surface area (Å²) in [5.74, 6) is 0.0611. The Morgan fingerprint density at radius 2 is 2.11 bits per heavy atom. The fourth-order valence-electron chi connectivity index (χ4n) is 3.14. The molecule has 11 heteroatoms. The Morgan fingerprint density at radius 3 is 2.82 bits per heavy atom. The van der Waals surface area contributed by atoms with Gasteiger partial charge in [-0.2, -0.15) is 13.2 Å². The number of aromatic nitrogens is 5. The zero-order valence-corrected chi connectivity index (χ0v) is 14.5. The second-order valence-electron chi connectivity index (χ2n) is 6.61. The summed E-state index contributed by atoms with van der Waals surface area (Å²) in [4.78, 5) is 32.1. The van der Waals surface area contributed by atoms with Crippen molar-refractivity contribution in [1.29, 1.82) is 0 Å². The van der Waals surface area contributed by atoms with Gasteiger partial charge in [0.05, 0.1) is 0 Å². The first-order chi connectivity index (χ1) is 13.4. The van der Waals surface area contributed by atoms with Crippen molar-refractivity contribution in [3.05, 3.63) is 31.0 Å². The number of rotatable bonds is 5. The van der Waals surface area contributed by atoms with Crippen LogP contribution < -0.4 is 10.6 Å². The molecule has 0 saturated heterocycles. The van der Waals surface area contributed by atoms with Crippen LogP contribution in [-0.2, 0) is 4.79 Å². The first kappa shape index (κ1) is 18.1. The van der Waals surface area contributed by atoms with Gasteiger partial charge in [-0.3, -0.25) is 4.79 Å². The molecule has 0 spiro atoms. The lowest BCUT2D eigenvalue weighted by atomic mass is 9.76. The average molecular weight is 391 g/mol. The molecule has 3 N–H and O–H groups in total. The molecule has 0 radical (unpaired) electrons. The van der Waals surface area contributed by atoms with Crippen LogP contribution in [0.5, 0.6) is 0 Å². The molecule has 0 unspecified atom stereocenters. The summed E-state index contributed by atoms with van der Waals surface area (Å²) in [7, 11) is 0. The molecule has 0 aromatic carbocycles. The molecule has 1 amide bonds. The summed E-state index contributed by atoms with van der Waals surface area (Å²) < 4.78 is 37.3. The Morgan fingerprint density at radius 1 is 1.29 bits per heavy atom. The zero-order chi connectivity index (χ0) is 19.8. The molecule has 3 aromatic rings. The Kier molecular flexibility index (Phi) is 4.36. The highest BCUT2D eigenvalue weighted by Crippen LogP contribution is 2.36.